The van der Waals surface area contributed by atoms with E-state index in [-0.39, 0.29) is 11.9 Å². The summed E-state index contributed by atoms with van der Waals surface area (Å²) in [6.45, 7) is 5.49. The van der Waals surface area contributed by atoms with E-state index >= 15 is 0 Å². The minimum atomic E-state index is -0.0701. The van der Waals surface area contributed by atoms with Crippen LogP contribution in [0.15, 0.2) is 41.0 Å². The summed E-state index contributed by atoms with van der Waals surface area (Å²) in [6, 6.07) is 9.76. The van der Waals surface area contributed by atoms with Crippen LogP contribution in [-0.2, 0) is 4.79 Å². The van der Waals surface area contributed by atoms with Crippen molar-refractivity contribution in [1.29, 1.82) is 0 Å². The molecule has 1 unspecified atom stereocenters. The molecule has 0 radical (unpaired) electrons. The van der Waals surface area contributed by atoms with E-state index in [9.17, 15) is 4.79 Å². The predicted molar refractivity (Wildman–Crippen MR) is 76.2 cm³/mol. The molecule has 2 rings (SSSR count). The molecular formula is C15H18N2O2. The van der Waals surface area contributed by atoms with E-state index in [1.165, 1.54) is 6.92 Å². The molecule has 1 atom stereocenters. The van der Waals surface area contributed by atoms with Gasteiger partial charge in [-0.25, -0.2) is 0 Å². The Labute approximate surface area is 112 Å². The van der Waals surface area contributed by atoms with Gasteiger partial charge in [0.25, 0.3) is 0 Å². The lowest BCUT2D eigenvalue weighted by atomic mass is 10.1. The van der Waals surface area contributed by atoms with Crippen LogP contribution in [0.4, 0.5) is 11.4 Å². The molecule has 0 spiro atoms. The maximum Gasteiger partial charge on any atom is 0.221 e. The fraction of sp³-hybridized carbons (Fsp3) is 0.267. The Morgan fingerprint density at radius 3 is 2.74 bits per heavy atom. The van der Waals surface area contributed by atoms with E-state index in [0.29, 0.717) is 0 Å². The molecule has 0 aliphatic heterocycles. The summed E-state index contributed by atoms with van der Waals surface area (Å²) in [5, 5.41) is 6.16. The van der Waals surface area contributed by atoms with Crippen LogP contribution >= 0.6 is 0 Å². The van der Waals surface area contributed by atoms with Crippen molar-refractivity contribution in [2.45, 2.75) is 26.8 Å². The largest absolute Gasteiger partial charge is 0.467 e. The third-order valence-electron chi connectivity index (χ3n) is 2.90. The van der Waals surface area contributed by atoms with E-state index in [1.807, 2.05) is 44.2 Å². The molecule has 0 aliphatic carbocycles. The van der Waals surface area contributed by atoms with Crippen LogP contribution in [0.1, 0.15) is 31.2 Å². The van der Waals surface area contributed by atoms with Crippen LogP contribution in [-0.4, -0.2) is 5.91 Å². The van der Waals surface area contributed by atoms with Crippen LogP contribution in [0.2, 0.25) is 0 Å². The highest BCUT2D eigenvalue weighted by molar-refractivity contribution is 5.90. The second-order valence-corrected chi connectivity index (χ2v) is 4.59. The molecular weight excluding hydrogens is 240 g/mol. The van der Waals surface area contributed by atoms with Gasteiger partial charge >= 0.3 is 0 Å². The summed E-state index contributed by atoms with van der Waals surface area (Å²) < 4.78 is 5.35. The number of carbonyl (C=O) groups excluding carboxylic acids is 1. The number of furan rings is 1. The first-order valence-corrected chi connectivity index (χ1v) is 6.24. The van der Waals surface area contributed by atoms with Gasteiger partial charge < -0.3 is 15.1 Å². The zero-order valence-electron chi connectivity index (χ0n) is 11.4. The number of aryl methyl sites for hydroxylation is 1. The highest BCUT2D eigenvalue weighted by Crippen LogP contribution is 2.24. The summed E-state index contributed by atoms with van der Waals surface area (Å²) in [5.74, 6) is 0.806. The molecule has 1 aromatic heterocycles. The number of benzene rings is 1. The third-order valence-corrected chi connectivity index (χ3v) is 2.90. The molecule has 1 heterocycles. The average molecular weight is 258 g/mol. The minimum absolute atomic E-state index is 0.0701. The Bertz CT molecular complexity index is 562. The van der Waals surface area contributed by atoms with Crippen LogP contribution in [0.25, 0.3) is 0 Å². The highest BCUT2D eigenvalue weighted by atomic mass is 16.3. The van der Waals surface area contributed by atoms with E-state index in [1.54, 1.807) is 6.26 Å². The lowest BCUT2D eigenvalue weighted by Crippen LogP contribution is -2.09. The van der Waals surface area contributed by atoms with Gasteiger partial charge in [-0.2, -0.15) is 0 Å². The SMILES string of the molecule is CC(=O)Nc1cc(NC(C)c2ccco2)ccc1C. The second-order valence-electron chi connectivity index (χ2n) is 4.59. The van der Waals surface area contributed by atoms with E-state index in [0.717, 1.165) is 22.7 Å². The standard InChI is InChI=1S/C15H18N2O2/c1-10-6-7-13(9-14(10)17-12(3)18)16-11(2)15-5-4-8-19-15/h4-9,11,16H,1-3H3,(H,17,18). The van der Waals surface area contributed by atoms with Crippen molar-refractivity contribution < 1.29 is 9.21 Å². The predicted octanol–water partition coefficient (Wildman–Crippen LogP) is 3.72. The fourth-order valence-corrected chi connectivity index (χ4v) is 1.89. The van der Waals surface area contributed by atoms with Crippen molar-refractivity contribution in [3.63, 3.8) is 0 Å². The van der Waals surface area contributed by atoms with Crippen molar-refractivity contribution in [2.75, 3.05) is 10.6 Å². The van der Waals surface area contributed by atoms with E-state index in [4.69, 9.17) is 4.42 Å². The third kappa shape index (κ3) is 3.37. The van der Waals surface area contributed by atoms with Crippen molar-refractivity contribution in [3.05, 3.63) is 47.9 Å². The Balaban J connectivity index is 2.14. The maximum atomic E-state index is 11.1. The smallest absolute Gasteiger partial charge is 0.221 e. The van der Waals surface area contributed by atoms with Crippen molar-refractivity contribution >= 4 is 17.3 Å². The normalized spacial score (nSPS) is 11.9. The number of anilines is 2. The molecule has 0 saturated carbocycles. The highest BCUT2D eigenvalue weighted by Gasteiger charge is 2.09. The van der Waals surface area contributed by atoms with Gasteiger partial charge in [0, 0.05) is 18.3 Å². The summed E-state index contributed by atoms with van der Waals surface area (Å²) in [4.78, 5) is 11.1. The van der Waals surface area contributed by atoms with Gasteiger partial charge in [-0.3, -0.25) is 4.79 Å². The van der Waals surface area contributed by atoms with Crippen molar-refractivity contribution in [3.8, 4) is 0 Å². The number of nitrogens with one attached hydrogen (secondary N) is 2. The zero-order valence-corrected chi connectivity index (χ0v) is 11.4. The van der Waals surface area contributed by atoms with Crippen molar-refractivity contribution in [2.24, 2.45) is 0 Å². The number of hydrogen-bond acceptors (Lipinski definition) is 3. The molecule has 2 aromatic rings. The van der Waals surface area contributed by atoms with Gasteiger partial charge in [0.05, 0.1) is 12.3 Å². The Morgan fingerprint density at radius 2 is 2.11 bits per heavy atom. The lowest BCUT2D eigenvalue weighted by Gasteiger charge is -2.15. The van der Waals surface area contributed by atoms with Gasteiger partial charge in [0.2, 0.25) is 5.91 Å². The van der Waals surface area contributed by atoms with E-state index in [2.05, 4.69) is 10.6 Å². The van der Waals surface area contributed by atoms with Crippen LogP contribution in [0.3, 0.4) is 0 Å². The Kier molecular flexibility index (Phi) is 3.90. The molecule has 0 bridgehead atoms. The molecule has 1 amide bonds. The lowest BCUT2D eigenvalue weighted by molar-refractivity contribution is -0.114. The van der Waals surface area contributed by atoms with Crippen molar-refractivity contribution in [1.82, 2.24) is 0 Å². The summed E-state index contributed by atoms with van der Waals surface area (Å²) in [5.41, 5.74) is 2.80. The molecule has 0 fully saturated rings. The first-order valence-electron chi connectivity index (χ1n) is 6.24. The quantitative estimate of drug-likeness (QED) is 0.878. The Hall–Kier alpha value is -2.23. The summed E-state index contributed by atoms with van der Waals surface area (Å²) in [6.07, 6.45) is 1.66. The first-order chi connectivity index (χ1) is 9.06. The molecule has 2 N–H and O–H groups in total. The first kappa shape index (κ1) is 13.2. The van der Waals surface area contributed by atoms with Gasteiger partial charge in [-0.1, -0.05) is 6.07 Å². The molecule has 19 heavy (non-hydrogen) atoms. The minimum Gasteiger partial charge on any atom is -0.467 e. The van der Waals surface area contributed by atoms with Crippen LogP contribution in [0, 0.1) is 6.92 Å². The molecule has 100 valence electrons. The van der Waals surface area contributed by atoms with Gasteiger partial charge in [-0.15, -0.1) is 0 Å². The fourth-order valence-electron chi connectivity index (χ4n) is 1.89. The monoisotopic (exact) mass is 258 g/mol. The molecule has 0 aliphatic rings. The average Bonchev–Trinajstić information content (AvgIpc) is 2.86. The summed E-state index contributed by atoms with van der Waals surface area (Å²) >= 11 is 0. The molecule has 4 heteroatoms. The maximum absolute atomic E-state index is 11.1. The summed E-state index contributed by atoms with van der Waals surface area (Å²) in [7, 11) is 0. The molecule has 4 nitrogen and oxygen atoms in total. The number of hydrogen-bond donors (Lipinski definition) is 2. The van der Waals surface area contributed by atoms with Gasteiger partial charge in [0.15, 0.2) is 0 Å². The second kappa shape index (κ2) is 5.61. The molecule has 1 aromatic carbocycles. The number of amides is 1. The van der Waals surface area contributed by atoms with E-state index < -0.39 is 0 Å². The van der Waals surface area contributed by atoms with Crippen LogP contribution in [0.5, 0.6) is 0 Å². The van der Waals surface area contributed by atoms with Gasteiger partial charge in [0.1, 0.15) is 5.76 Å². The molecule has 0 saturated heterocycles. The zero-order chi connectivity index (χ0) is 13.8. The topological polar surface area (TPSA) is 54.3 Å². The Morgan fingerprint density at radius 1 is 1.32 bits per heavy atom. The number of rotatable bonds is 4. The van der Waals surface area contributed by atoms with Crippen LogP contribution < -0.4 is 10.6 Å². The number of carbonyl (C=O) groups is 1. The van der Waals surface area contributed by atoms with Gasteiger partial charge in [-0.05, 0) is 43.7 Å².